The van der Waals surface area contributed by atoms with Crippen molar-refractivity contribution in [3.05, 3.63) is 51.8 Å². The number of nitrogens with one attached hydrogen (secondary N) is 1. The molecule has 3 nitrogen and oxygen atoms in total. The second kappa shape index (κ2) is 6.40. The van der Waals surface area contributed by atoms with Crippen molar-refractivity contribution in [2.45, 2.75) is 53.5 Å². The Bertz CT molecular complexity index is 701. The van der Waals surface area contributed by atoms with Crippen molar-refractivity contribution < 1.29 is 4.79 Å². The molecule has 124 valence electrons. The molecule has 0 aliphatic heterocycles. The van der Waals surface area contributed by atoms with Crippen molar-refractivity contribution in [3.8, 4) is 5.69 Å². The zero-order valence-corrected chi connectivity index (χ0v) is 15.5. The number of halogens is 1. The Morgan fingerprint density at radius 3 is 2.22 bits per heavy atom. The monoisotopic (exact) mass is 332 g/mol. The third-order valence-corrected chi connectivity index (χ3v) is 4.66. The first kappa shape index (κ1) is 17.6. The first-order valence-corrected chi connectivity index (χ1v) is 8.32. The van der Waals surface area contributed by atoms with Crippen molar-refractivity contribution in [3.63, 3.8) is 0 Å². The van der Waals surface area contributed by atoms with Gasteiger partial charge in [-0.25, -0.2) is 0 Å². The van der Waals surface area contributed by atoms with Crippen LogP contribution in [0.25, 0.3) is 5.69 Å². The Kier molecular flexibility index (Phi) is 4.90. The molecule has 1 N–H and O–H groups in total. The molecule has 23 heavy (non-hydrogen) atoms. The fourth-order valence-corrected chi connectivity index (χ4v) is 3.02. The van der Waals surface area contributed by atoms with Crippen LogP contribution in [0.1, 0.15) is 54.5 Å². The van der Waals surface area contributed by atoms with Crippen LogP contribution < -0.4 is 5.32 Å². The number of carbonyl (C=O) groups excluding carboxylic acids is 1. The number of aromatic nitrogens is 1. The van der Waals surface area contributed by atoms with Gasteiger partial charge < -0.3 is 9.88 Å². The van der Waals surface area contributed by atoms with Crippen LogP contribution in [-0.2, 0) is 0 Å². The van der Waals surface area contributed by atoms with E-state index in [1.807, 2.05) is 32.9 Å². The highest BCUT2D eigenvalue weighted by Gasteiger charge is 2.22. The third kappa shape index (κ3) is 3.61. The van der Waals surface area contributed by atoms with Crippen LogP contribution in [0.15, 0.2) is 24.3 Å². The molecular formula is C19H25ClN2O. The smallest absolute Gasteiger partial charge is 0.253 e. The van der Waals surface area contributed by atoms with E-state index in [9.17, 15) is 4.79 Å². The van der Waals surface area contributed by atoms with Crippen molar-refractivity contribution in [1.82, 2.24) is 9.88 Å². The Morgan fingerprint density at radius 2 is 1.74 bits per heavy atom. The summed E-state index contributed by atoms with van der Waals surface area (Å²) in [5, 5.41) is 3.53. The van der Waals surface area contributed by atoms with Crippen molar-refractivity contribution in [1.29, 1.82) is 0 Å². The minimum atomic E-state index is -0.251. The molecule has 0 aliphatic rings. The summed E-state index contributed by atoms with van der Waals surface area (Å²) in [4.78, 5) is 12.6. The Morgan fingerprint density at radius 1 is 1.17 bits per heavy atom. The Hall–Kier alpha value is -1.74. The molecule has 0 saturated heterocycles. The molecule has 0 radical (unpaired) electrons. The number of amides is 1. The molecule has 0 saturated carbocycles. The van der Waals surface area contributed by atoms with Crippen LogP contribution in [0.5, 0.6) is 0 Å². The number of carbonyl (C=O) groups is 1. The molecule has 4 heteroatoms. The van der Waals surface area contributed by atoms with Gasteiger partial charge in [0.25, 0.3) is 5.91 Å². The largest absolute Gasteiger partial charge is 0.347 e. The van der Waals surface area contributed by atoms with E-state index < -0.39 is 0 Å². The summed E-state index contributed by atoms with van der Waals surface area (Å²) in [6.45, 7) is 12.1. The zero-order chi connectivity index (χ0) is 17.4. The molecule has 1 aromatic carbocycles. The van der Waals surface area contributed by atoms with Crippen LogP contribution in [0.3, 0.4) is 0 Å². The highest BCUT2D eigenvalue weighted by Crippen LogP contribution is 2.27. The third-order valence-electron chi connectivity index (χ3n) is 4.36. The van der Waals surface area contributed by atoms with Gasteiger partial charge in [-0.05, 0) is 70.9 Å². The molecule has 1 aromatic heterocycles. The Labute approximate surface area is 143 Å². The van der Waals surface area contributed by atoms with E-state index in [0.717, 1.165) is 29.1 Å². The molecule has 0 aliphatic carbocycles. The highest BCUT2D eigenvalue weighted by molar-refractivity contribution is 6.34. The number of hydrogen-bond donors (Lipinski definition) is 1. The van der Waals surface area contributed by atoms with Crippen LogP contribution >= 0.6 is 11.6 Å². The topological polar surface area (TPSA) is 34.0 Å². The van der Waals surface area contributed by atoms with Gasteiger partial charge in [-0.3, -0.25) is 4.79 Å². The molecular weight excluding hydrogens is 308 g/mol. The summed E-state index contributed by atoms with van der Waals surface area (Å²) < 4.78 is 2.14. The van der Waals surface area contributed by atoms with E-state index in [1.165, 1.54) is 0 Å². The number of nitrogens with zero attached hydrogens (tertiary/aromatic N) is 1. The van der Waals surface area contributed by atoms with E-state index in [2.05, 4.69) is 42.8 Å². The molecule has 2 rings (SSSR count). The predicted octanol–water partition coefficient (Wildman–Crippen LogP) is 4.97. The summed E-state index contributed by atoms with van der Waals surface area (Å²) in [6, 6.07) is 8.02. The van der Waals surface area contributed by atoms with Crippen molar-refractivity contribution in [2.24, 2.45) is 0 Å². The minimum Gasteiger partial charge on any atom is -0.347 e. The van der Waals surface area contributed by atoms with Crippen molar-refractivity contribution in [2.75, 3.05) is 0 Å². The molecule has 1 heterocycles. The van der Waals surface area contributed by atoms with Crippen LogP contribution in [0.2, 0.25) is 5.02 Å². The lowest BCUT2D eigenvalue weighted by Gasteiger charge is -2.25. The van der Waals surface area contributed by atoms with Crippen LogP contribution in [0, 0.1) is 20.8 Å². The summed E-state index contributed by atoms with van der Waals surface area (Å²) in [5.74, 6) is -0.119. The second-order valence-corrected chi connectivity index (χ2v) is 7.17. The van der Waals surface area contributed by atoms with Gasteiger partial charge >= 0.3 is 0 Å². The normalized spacial score (nSPS) is 11.6. The van der Waals surface area contributed by atoms with Gasteiger partial charge in [0.15, 0.2) is 0 Å². The maximum absolute atomic E-state index is 12.6. The lowest BCUT2D eigenvalue weighted by atomic mass is 10.00. The van der Waals surface area contributed by atoms with Crippen LogP contribution in [0.4, 0.5) is 0 Å². The summed E-state index contributed by atoms with van der Waals surface area (Å²) in [7, 11) is 0. The minimum absolute atomic E-state index is 0.119. The molecule has 2 aromatic rings. The summed E-state index contributed by atoms with van der Waals surface area (Å²) in [5.41, 5.74) is 4.45. The first-order chi connectivity index (χ1) is 10.7. The van der Waals surface area contributed by atoms with Gasteiger partial charge in [-0.1, -0.05) is 18.5 Å². The second-order valence-electron chi connectivity index (χ2n) is 6.76. The predicted molar refractivity (Wildman–Crippen MR) is 96.8 cm³/mol. The molecule has 0 bridgehead atoms. The summed E-state index contributed by atoms with van der Waals surface area (Å²) >= 11 is 6.45. The number of hydrogen-bond acceptors (Lipinski definition) is 1. The van der Waals surface area contributed by atoms with E-state index in [1.54, 1.807) is 0 Å². The van der Waals surface area contributed by atoms with Gasteiger partial charge in [-0.2, -0.15) is 0 Å². The maximum atomic E-state index is 12.6. The van der Waals surface area contributed by atoms with Crippen LogP contribution in [-0.4, -0.2) is 16.0 Å². The van der Waals surface area contributed by atoms with E-state index in [-0.39, 0.29) is 11.4 Å². The number of aryl methyl sites for hydroxylation is 3. The SMILES string of the molecule is CCC(C)(C)NC(=O)c1c(C)cc(-n2c(C)ccc2C)cc1Cl. The highest BCUT2D eigenvalue weighted by atomic mass is 35.5. The molecule has 1 amide bonds. The van der Waals surface area contributed by atoms with E-state index in [0.29, 0.717) is 10.6 Å². The zero-order valence-electron chi connectivity index (χ0n) is 14.7. The van der Waals surface area contributed by atoms with E-state index >= 15 is 0 Å². The first-order valence-electron chi connectivity index (χ1n) is 7.94. The van der Waals surface area contributed by atoms with Gasteiger partial charge in [0.05, 0.1) is 10.6 Å². The lowest BCUT2D eigenvalue weighted by Crippen LogP contribution is -2.43. The van der Waals surface area contributed by atoms with Gasteiger partial charge in [0, 0.05) is 22.6 Å². The average Bonchev–Trinajstić information content (AvgIpc) is 2.76. The van der Waals surface area contributed by atoms with Gasteiger partial charge in [0.2, 0.25) is 0 Å². The summed E-state index contributed by atoms with van der Waals surface area (Å²) in [6.07, 6.45) is 0.856. The Balaban J connectivity index is 2.44. The maximum Gasteiger partial charge on any atom is 0.253 e. The fraction of sp³-hybridized carbons (Fsp3) is 0.421. The fourth-order valence-electron chi connectivity index (χ4n) is 2.68. The average molecular weight is 333 g/mol. The molecule has 0 unspecified atom stereocenters. The standard InChI is InChI=1S/C19H25ClN2O/c1-7-19(5,6)21-18(23)17-12(2)10-15(11-16(17)20)22-13(3)8-9-14(22)4/h8-11H,7H2,1-6H3,(H,21,23). The van der Waals surface area contributed by atoms with E-state index in [4.69, 9.17) is 11.6 Å². The van der Waals surface area contributed by atoms with Gasteiger partial charge in [0.1, 0.15) is 0 Å². The molecule has 0 atom stereocenters. The molecule has 0 fully saturated rings. The van der Waals surface area contributed by atoms with Crippen molar-refractivity contribution >= 4 is 17.5 Å². The number of rotatable bonds is 4. The lowest BCUT2D eigenvalue weighted by molar-refractivity contribution is 0.0911. The molecule has 0 spiro atoms. The van der Waals surface area contributed by atoms with Gasteiger partial charge in [-0.15, -0.1) is 0 Å². The quantitative estimate of drug-likeness (QED) is 0.842. The number of benzene rings is 1.